The van der Waals surface area contributed by atoms with Crippen LogP contribution in [0.3, 0.4) is 0 Å². The van der Waals surface area contributed by atoms with E-state index in [1.807, 2.05) is 0 Å². The summed E-state index contributed by atoms with van der Waals surface area (Å²) in [6, 6.07) is 5.58. The van der Waals surface area contributed by atoms with Crippen molar-refractivity contribution < 1.29 is 9.53 Å². The van der Waals surface area contributed by atoms with E-state index in [9.17, 15) is 4.79 Å². The first-order chi connectivity index (χ1) is 8.33. The molecule has 2 atom stereocenters. The van der Waals surface area contributed by atoms with Crippen LogP contribution in [-0.2, 0) is 9.53 Å². The maximum absolute atomic E-state index is 12.2. The van der Waals surface area contributed by atoms with E-state index < -0.39 is 5.92 Å². The largest absolute Gasteiger partial charge is 0.381 e. The van der Waals surface area contributed by atoms with Crippen LogP contribution in [0.1, 0.15) is 24.3 Å². The van der Waals surface area contributed by atoms with E-state index in [4.69, 9.17) is 10.00 Å². The average molecular weight is 230 g/mol. The van der Waals surface area contributed by atoms with Crippen LogP contribution in [-0.4, -0.2) is 24.0 Å². The van der Waals surface area contributed by atoms with E-state index >= 15 is 0 Å². The van der Waals surface area contributed by atoms with Crippen molar-refractivity contribution in [3.63, 3.8) is 0 Å². The Morgan fingerprint density at radius 2 is 2.53 bits per heavy atom. The molecule has 88 valence electrons. The zero-order valence-corrected chi connectivity index (χ0v) is 9.50. The molecule has 1 aromatic rings. The maximum Gasteiger partial charge on any atom is 0.159 e. The Hall–Kier alpha value is -1.73. The summed E-state index contributed by atoms with van der Waals surface area (Å²) in [5.74, 6) is -0.899. The molecule has 0 bridgehead atoms. The summed E-state index contributed by atoms with van der Waals surface area (Å²) in [6.07, 6.45) is 4.92. The fraction of sp³-hybridized carbons (Fsp3) is 0.462. The lowest BCUT2D eigenvalue weighted by Crippen LogP contribution is -2.29. The van der Waals surface area contributed by atoms with Crippen molar-refractivity contribution >= 4 is 5.78 Å². The normalized spacial score (nSPS) is 21.5. The molecule has 4 nitrogen and oxygen atoms in total. The summed E-state index contributed by atoms with van der Waals surface area (Å²) in [6.45, 7) is 1.16. The van der Waals surface area contributed by atoms with Gasteiger partial charge in [0.1, 0.15) is 5.92 Å². The topological polar surface area (TPSA) is 63.0 Å². The average Bonchev–Trinajstić information content (AvgIpc) is 2.42. The Labute approximate surface area is 100 Å². The van der Waals surface area contributed by atoms with E-state index in [0.29, 0.717) is 18.8 Å². The Morgan fingerprint density at radius 3 is 3.12 bits per heavy atom. The second kappa shape index (κ2) is 5.55. The summed E-state index contributed by atoms with van der Waals surface area (Å²) in [5.41, 5.74) is 0.672. The minimum Gasteiger partial charge on any atom is -0.381 e. The number of nitriles is 1. The molecule has 17 heavy (non-hydrogen) atoms. The number of rotatable bonds is 3. The second-order valence-electron chi connectivity index (χ2n) is 4.16. The molecule has 2 unspecified atom stereocenters. The van der Waals surface area contributed by atoms with Crippen molar-refractivity contribution in [3.8, 4) is 6.07 Å². The number of pyridine rings is 1. The summed E-state index contributed by atoms with van der Waals surface area (Å²) in [5, 5.41) is 9.14. The highest BCUT2D eigenvalue weighted by Gasteiger charge is 2.29. The third kappa shape index (κ3) is 2.69. The fourth-order valence-electron chi connectivity index (χ4n) is 2.05. The van der Waals surface area contributed by atoms with Gasteiger partial charge in [0, 0.05) is 24.9 Å². The van der Waals surface area contributed by atoms with Gasteiger partial charge in [-0.1, -0.05) is 6.07 Å². The van der Waals surface area contributed by atoms with Crippen LogP contribution >= 0.6 is 0 Å². The smallest absolute Gasteiger partial charge is 0.159 e. The summed E-state index contributed by atoms with van der Waals surface area (Å²) >= 11 is 0. The molecule has 2 rings (SSSR count). The fourth-order valence-corrected chi connectivity index (χ4v) is 2.05. The first kappa shape index (κ1) is 11.7. The molecule has 0 N–H and O–H groups in total. The highest BCUT2D eigenvalue weighted by molar-refractivity contribution is 5.90. The van der Waals surface area contributed by atoms with E-state index in [1.54, 1.807) is 24.5 Å². The zero-order chi connectivity index (χ0) is 12.1. The lowest BCUT2D eigenvalue weighted by atomic mass is 9.86. The Morgan fingerprint density at radius 1 is 1.65 bits per heavy atom. The van der Waals surface area contributed by atoms with Gasteiger partial charge in [0.25, 0.3) is 0 Å². The Kier molecular flexibility index (Phi) is 3.84. The number of Topliss-reactive ketones (excluding diaryl/α,β-unsaturated/α-hetero) is 1. The number of nitrogens with zero attached hydrogens (tertiary/aromatic N) is 2. The molecule has 0 aromatic carbocycles. The van der Waals surface area contributed by atoms with Crippen molar-refractivity contribution in [3.05, 3.63) is 30.1 Å². The molecule has 0 saturated carbocycles. The minimum atomic E-state index is -0.713. The first-order valence-corrected chi connectivity index (χ1v) is 5.74. The van der Waals surface area contributed by atoms with Gasteiger partial charge in [-0.3, -0.25) is 9.78 Å². The van der Waals surface area contributed by atoms with Crippen LogP contribution in [0.25, 0.3) is 0 Å². The lowest BCUT2D eigenvalue weighted by molar-refractivity contribution is -0.127. The highest BCUT2D eigenvalue weighted by atomic mass is 16.5. The standard InChI is InChI=1S/C13H14N2O2/c14-7-12(10-3-1-5-15-8-10)13(16)11-4-2-6-17-9-11/h1,3,5,8,11-12H,2,4,6,9H2. The lowest BCUT2D eigenvalue weighted by Gasteiger charge is -2.22. The SMILES string of the molecule is N#CC(C(=O)C1CCCOC1)c1cccnc1. The summed E-state index contributed by atoms with van der Waals surface area (Å²) in [4.78, 5) is 16.1. The molecule has 2 heterocycles. The highest BCUT2D eigenvalue weighted by Crippen LogP contribution is 2.24. The van der Waals surface area contributed by atoms with E-state index in [1.165, 1.54) is 0 Å². The van der Waals surface area contributed by atoms with E-state index in [-0.39, 0.29) is 11.7 Å². The van der Waals surface area contributed by atoms with Gasteiger partial charge in [-0.2, -0.15) is 5.26 Å². The summed E-state index contributed by atoms with van der Waals surface area (Å²) in [7, 11) is 0. The van der Waals surface area contributed by atoms with E-state index in [2.05, 4.69) is 11.1 Å². The molecule has 0 radical (unpaired) electrons. The van der Waals surface area contributed by atoms with Crippen molar-refractivity contribution in [1.82, 2.24) is 4.98 Å². The molecule has 1 aliphatic rings. The van der Waals surface area contributed by atoms with Gasteiger partial charge in [0.2, 0.25) is 0 Å². The third-order valence-corrected chi connectivity index (χ3v) is 2.99. The molecule has 4 heteroatoms. The van der Waals surface area contributed by atoms with Crippen LogP contribution in [0.4, 0.5) is 0 Å². The summed E-state index contributed by atoms with van der Waals surface area (Å²) < 4.78 is 5.29. The van der Waals surface area contributed by atoms with Gasteiger partial charge in [-0.25, -0.2) is 0 Å². The van der Waals surface area contributed by atoms with Crippen molar-refractivity contribution in [1.29, 1.82) is 5.26 Å². The number of carbonyl (C=O) groups excluding carboxylic acids is 1. The number of aromatic nitrogens is 1. The number of ether oxygens (including phenoxy) is 1. The quantitative estimate of drug-likeness (QED) is 0.792. The van der Waals surface area contributed by atoms with Gasteiger partial charge in [-0.15, -0.1) is 0 Å². The van der Waals surface area contributed by atoms with Gasteiger partial charge in [0.05, 0.1) is 12.7 Å². The Balaban J connectivity index is 2.13. The number of hydrogen-bond acceptors (Lipinski definition) is 4. The molecular weight excluding hydrogens is 216 g/mol. The first-order valence-electron chi connectivity index (χ1n) is 5.74. The molecule has 1 fully saturated rings. The number of hydrogen-bond donors (Lipinski definition) is 0. The van der Waals surface area contributed by atoms with Gasteiger partial charge < -0.3 is 4.74 Å². The molecular formula is C13H14N2O2. The predicted molar refractivity (Wildman–Crippen MR) is 61.1 cm³/mol. The van der Waals surface area contributed by atoms with E-state index in [0.717, 1.165) is 12.8 Å². The molecule has 0 spiro atoms. The van der Waals surface area contributed by atoms with Crippen LogP contribution < -0.4 is 0 Å². The molecule has 0 aliphatic carbocycles. The zero-order valence-electron chi connectivity index (χ0n) is 9.50. The maximum atomic E-state index is 12.2. The van der Waals surface area contributed by atoms with Crippen LogP contribution in [0.15, 0.2) is 24.5 Å². The molecule has 1 aliphatic heterocycles. The van der Waals surface area contributed by atoms with Crippen molar-refractivity contribution in [2.24, 2.45) is 5.92 Å². The molecule has 1 saturated heterocycles. The predicted octanol–water partition coefficient (Wildman–Crippen LogP) is 1.68. The van der Waals surface area contributed by atoms with Gasteiger partial charge in [-0.05, 0) is 24.5 Å². The van der Waals surface area contributed by atoms with Gasteiger partial charge >= 0.3 is 0 Å². The third-order valence-electron chi connectivity index (χ3n) is 2.99. The Bertz CT molecular complexity index is 419. The monoisotopic (exact) mass is 230 g/mol. The van der Waals surface area contributed by atoms with Crippen LogP contribution in [0, 0.1) is 17.2 Å². The molecule has 0 amide bonds. The number of carbonyl (C=O) groups is 1. The second-order valence-corrected chi connectivity index (χ2v) is 4.16. The van der Waals surface area contributed by atoms with Crippen molar-refractivity contribution in [2.45, 2.75) is 18.8 Å². The minimum absolute atomic E-state index is 0.0415. The van der Waals surface area contributed by atoms with Crippen LogP contribution in [0.2, 0.25) is 0 Å². The van der Waals surface area contributed by atoms with Crippen molar-refractivity contribution in [2.75, 3.05) is 13.2 Å². The van der Waals surface area contributed by atoms with Crippen LogP contribution in [0.5, 0.6) is 0 Å². The van der Waals surface area contributed by atoms with Gasteiger partial charge in [0.15, 0.2) is 5.78 Å². The molecule has 1 aromatic heterocycles. The number of ketones is 1.